The fourth-order valence-corrected chi connectivity index (χ4v) is 4.28. The van der Waals surface area contributed by atoms with Gasteiger partial charge in [-0.3, -0.25) is 0 Å². The minimum Gasteiger partial charge on any atom is -0.368 e. The van der Waals surface area contributed by atoms with Gasteiger partial charge in [-0.2, -0.15) is 0 Å². The van der Waals surface area contributed by atoms with Gasteiger partial charge in [0, 0.05) is 63.4 Å². The highest BCUT2D eigenvalue weighted by atomic mass is 15.3. The lowest BCUT2D eigenvalue weighted by atomic mass is 10.1. The van der Waals surface area contributed by atoms with Crippen molar-refractivity contribution in [2.45, 2.75) is 0 Å². The van der Waals surface area contributed by atoms with Crippen LogP contribution in [0.15, 0.2) is 60.7 Å². The van der Waals surface area contributed by atoms with Crippen molar-refractivity contribution in [1.82, 2.24) is 10.3 Å². The first kappa shape index (κ1) is 17.3. The third-order valence-corrected chi connectivity index (χ3v) is 5.85. The van der Waals surface area contributed by atoms with E-state index in [1.54, 1.807) is 0 Å². The minimum atomic E-state index is 1.00. The summed E-state index contributed by atoms with van der Waals surface area (Å²) in [5, 5.41) is 5.99. The molecule has 5 rings (SSSR count). The third-order valence-electron chi connectivity index (χ3n) is 5.85. The Hall–Kier alpha value is -2.79. The standard InChI is InChI=1S/C23H27N5/c1-2-7-20(8-3-1)26-14-16-27(17-15-26)22-18-19-6-4-5-9-21(19)23(25-22)28-12-10-24-11-13-28/h1-9,18,24H,10-17H2. The zero-order chi connectivity index (χ0) is 18.8. The van der Waals surface area contributed by atoms with Crippen molar-refractivity contribution in [3.05, 3.63) is 60.7 Å². The summed E-state index contributed by atoms with van der Waals surface area (Å²) >= 11 is 0. The number of piperazine rings is 2. The van der Waals surface area contributed by atoms with E-state index in [4.69, 9.17) is 4.98 Å². The molecule has 2 saturated heterocycles. The molecule has 0 spiro atoms. The fourth-order valence-electron chi connectivity index (χ4n) is 4.28. The summed E-state index contributed by atoms with van der Waals surface area (Å²) in [6.07, 6.45) is 0. The molecule has 3 heterocycles. The van der Waals surface area contributed by atoms with Gasteiger partial charge in [0.1, 0.15) is 11.6 Å². The molecule has 2 fully saturated rings. The number of fused-ring (bicyclic) bond motifs is 1. The van der Waals surface area contributed by atoms with Gasteiger partial charge in [-0.05, 0) is 23.6 Å². The second-order valence-corrected chi connectivity index (χ2v) is 7.57. The Morgan fingerprint density at radius 1 is 0.679 bits per heavy atom. The van der Waals surface area contributed by atoms with Crippen LogP contribution in [0.3, 0.4) is 0 Å². The first-order valence-electron chi connectivity index (χ1n) is 10.3. The lowest BCUT2D eigenvalue weighted by molar-refractivity contribution is 0.585. The van der Waals surface area contributed by atoms with Gasteiger partial charge in [0.05, 0.1) is 0 Å². The summed E-state index contributed by atoms with van der Waals surface area (Å²) in [5.41, 5.74) is 1.31. The highest BCUT2D eigenvalue weighted by Crippen LogP contribution is 2.30. The summed E-state index contributed by atoms with van der Waals surface area (Å²) in [7, 11) is 0. The van der Waals surface area contributed by atoms with E-state index >= 15 is 0 Å². The second-order valence-electron chi connectivity index (χ2n) is 7.57. The third kappa shape index (κ3) is 3.38. The van der Waals surface area contributed by atoms with Crippen LogP contribution in [-0.2, 0) is 0 Å². The van der Waals surface area contributed by atoms with Gasteiger partial charge in [-0.15, -0.1) is 0 Å². The van der Waals surface area contributed by atoms with E-state index in [2.05, 4.69) is 80.7 Å². The Bertz CT molecular complexity index is 928. The number of pyridine rings is 1. The van der Waals surface area contributed by atoms with Crippen molar-refractivity contribution < 1.29 is 0 Å². The van der Waals surface area contributed by atoms with Crippen molar-refractivity contribution >= 4 is 28.1 Å². The SMILES string of the molecule is c1ccc(N2CCN(c3cc4ccccc4c(N4CCNCC4)n3)CC2)cc1. The molecule has 2 aliphatic rings. The summed E-state index contributed by atoms with van der Waals surface area (Å²) in [6, 6.07) is 21.6. The van der Waals surface area contributed by atoms with Crippen molar-refractivity contribution in [3.63, 3.8) is 0 Å². The number of rotatable bonds is 3. The Labute approximate surface area is 166 Å². The number of hydrogen-bond acceptors (Lipinski definition) is 5. The zero-order valence-electron chi connectivity index (χ0n) is 16.2. The van der Waals surface area contributed by atoms with Crippen LogP contribution < -0.4 is 20.0 Å². The predicted octanol–water partition coefficient (Wildman–Crippen LogP) is 2.97. The Balaban J connectivity index is 1.42. The molecular formula is C23H27N5. The van der Waals surface area contributed by atoms with Crippen molar-refractivity contribution in [3.8, 4) is 0 Å². The molecule has 144 valence electrons. The summed E-state index contributed by atoms with van der Waals surface area (Å²) in [5.74, 6) is 2.25. The molecule has 1 aromatic heterocycles. The summed E-state index contributed by atoms with van der Waals surface area (Å²) in [4.78, 5) is 12.5. The van der Waals surface area contributed by atoms with Gasteiger partial charge >= 0.3 is 0 Å². The number of anilines is 3. The van der Waals surface area contributed by atoms with Crippen LogP contribution in [0, 0.1) is 0 Å². The van der Waals surface area contributed by atoms with E-state index < -0.39 is 0 Å². The van der Waals surface area contributed by atoms with Crippen LogP contribution >= 0.6 is 0 Å². The van der Waals surface area contributed by atoms with E-state index in [-0.39, 0.29) is 0 Å². The molecule has 0 bridgehead atoms. The van der Waals surface area contributed by atoms with Crippen LogP contribution in [0.5, 0.6) is 0 Å². The number of nitrogens with zero attached hydrogens (tertiary/aromatic N) is 4. The van der Waals surface area contributed by atoms with Crippen LogP contribution in [0.25, 0.3) is 10.8 Å². The van der Waals surface area contributed by atoms with E-state index in [9.17, 15) is 0 Å². The minimum absolute atomic E-state index is 1.00. The second kappa shape index (κ2) is 7.68. The maximum atomic E-state index is 5.15. The number of benzene rings is 2. The first-order chi connectivity index (χ1) is 13.9. The number of nitrogens with one attached hydrogen (secondary N) is 1. The Morgan fingerprint density at radius 3 is 2.14 bits per heavy atom. The van der Waals surface area contributed by atoms with Gasteiger partial charge < -0.3 is 20.0 Å². The quantitative estimate of drug-likeness (QED) is 0.764. The highest BCUT2D eigenvalue weighted by Gasteiger charge is 2.21. The molecule has 5 nitrogen and oxygen atoms in total. The van der Waals surface area contributed by atoms with E-state index in [1.165, 1.54) is 16.5 Å². The Morgan fingerprint density at radius 2 is 1.36 bits per heavy atom. The maximum Gasteiger partial charge on any atom is 0.138 e. The van der Waals surface area contributed by atoms with Gasteiger partial charge in [0.15, 0.2) is 0 Å². The topological polar surface area (TPSA) is 34.6 Å². The molecular weight excluding hydrogens is 346 g/mol. The van der Waals surface area contributed by atoms with Gasteiger partial charge in [0.25, 0.3) is 0 Å². The van der Waals surface area contributed by atoms with Gasteiger partial charge in [-0.25, -0.2) is 4.98 Å². The molecule has 0 atom stereocenters. The summed E-state index contributed by atoms with van der Waals surface area (Å²) in [6.45, 7) is 8.14. The molecule has 2 aromatic carbocycles. The number of para-hydroxylation sites is 1. The van der Waals surface area contributed by atoms with Crippen molar-refractivity contribution in [2.75, 3.05) is 67.1 Å². The van der Waals surface area contributed by atoms with Crippen LogP contribution in [0.1, 0.15) is 0 Å². The lowest BCUT2D eigenvalue weighted by Crippen LogP contribution is -2.47. The van der Waals surface area contributed by atoms with Crippen molar-refractivity contribution in [1.29, 1.82) is 0 Å². The highest BCUT2D eigenvalue weighted by molar-refractivity contribution is 5.94. The molecule has 0 amide bonds. The molecule has 0 radical (unpaired) electrons. The van der Waals surface area contributed by atoms with Crippen molar-refractivity contribution in [2.24, 2.45) is 0 Å². The number of aromatic nitrogens is 1. The predicted molar refractivity (Wildman–Crippen MR) is 118 cm³/mol. The first-order valence-corrected chi connectivity index (χ1v) is 10.3. The maximum absolute atomic E-state index is 5.15. The van der Waals surface area contributed by atoms with E-state index in [0.29, 0.717) is 0 Å². The van der Waals surface area contributed by atoms with E-state index in [1.807, 2.05) is 0 Å². The zero-order valence-corrected chi connectivity index (χ0v) is 16.2. The molecule has 1 N–H and O–H groups in total. The lowest BCUT2D eigenvalue weighted by Gasteiger charge is -2.37. The monoisotopic (exact) mass is 373 g/mol. The molecule has 28 heavy (non-hydrogen) atoms. The van der Waals surface area contributed by atoms with Crippen LogP contribution in [0.4, 0.5) is 17.3 Å². The smallest absolute Gasteiger partial charge is 0.138 e. The largest absolute Gasteiger partial charge is 0.368 e. The molecule has 5 heteroatoms. The van der Waals surface area contributed by atoms with Gasteiger partial charge in [-0.1, -0.05) is 42.5 Å². The molecule has 0 saturated carbocycles. The van der Waals surface area contributed by atoms with Gasteiger partial charge in [0.2, 0.25) is 0 Å². The fraction of sp³-hybridized carbons (Fsp3) is 0.348. The Kier molecular flexibility index (Phi) is 4.75. The van der Waals surface area contributed by atoms with Crippen LogP contribution in [-0.4, -0.2) is 57.3 Å². The molecule has 2 aliphatic heterocycles. The molecule has 0 unspecified atom stereocenters. The van der Waals surface area contributed by atoms with Crippen LogP contribution in [0.2, 0.25) is 0 Å². The van der Waals surface area contributed by atoms with E-state index in [0.717, 1.165) is 64.0 Å². The summed E-state index contributed by atoms with van der Waals surface area (Å²) < 4.78 is 0. The normalized spacial score (nSPS) is 17.9. The molecule has 3 aromatic rings. The number of hydrogen-bond donors (Lipinski definition) is 1. The molecule has 0 aliphatic carbocycles. The average Bonchev–Trinajstić information content (AvgIpc) is 2.79. The average molecular weight is 374 g/mol.